The molecule has 1 atom stereocenters. The molecule has 5 heteroatoms. The van der Waals surface area contributed by atoms with Crippen LogP contribution in [0.15, 0.2) is 34.9 Å². The molecule has 0 aliphatic heterocycles. The van der Waals surface area contributed by atoms with Crippen molar-refractivity contribution < 1.29 is 4.74 Å². The number of ether oxygens (including phenoxy) is 1. The van der Waals surface area contributed by atoms with Gasteiger partial charge in [-0.2, -0.15) is 5.10 Å². The van der Waals surface area contributed by atoms with Crippen LogP contribution in [-0.4, -0.2) is 9.78 Å². The molecular formula is C14H18BrN3O. The number of nitrogens with two attached hydrogens (primary N) is 1. The van der Waals surface area contributed by atoms with Crippen LogP contribution in [0, 0.1) is 0 Å². The summed E-state index contributed by atoms with van der Waals surface area (Å²) in [5, 5.41) is 4.49. The summed E-state index contributed by atoms with van der Waals surface area (Å²) in [4.78, 5) is 0. The van der Waals surface area contributed by atoms with Crippen LogP contribution < -0.4 is 10.5 Å². The van der Waals surface area contributed by atoms with Gasteiger partial charge in [0.1, 0.15) is 6.61 Å². The van der Waals surface area contributed by atoms with E-state index in [1.165, 1.54) is 0 Å². The monoisotopic (exact) mass is 323 g/mol. The van der Waals surface area contributed by atoms with Gasteiger partial charge in [-0.25, -0.2) is 0 Å². The molecule has 0 aliphatic rings. The van der Waals surface area contributed by atoms with Crippen LogP contribution in [0.1, 0.15) is 32.0 Å². The molecule has 0 fully saturated rings. The summed E-state index contributed by atoms with van der Waals surface area (Å²) in [6.45, 7) is 4.70. The first-order chi connectivity index (χ1) is 9.11. The van der Waals surface area contributed by atoms with Gasteiger partial charge in [0, 0.05) is 12.2 Å². The lowest BCUT2D eigenvalue weighted by molar-refractivity contribution is 0.298. The Morgan fingerprint density at radius 2 is 2.21 bits per heavy atom. The molecule has 102 valence electrons. The highest BCUT2D eigenvalue weighted by atomic mass is 79.9. The Morgan fingerprint density at radius 3 is 2.89 bits per heavy atom. The number of rotatable bonds is 5. The topological polar surface area (TPSA) is 53.1 Å². The number of para-hydroxylation sites is 1. The van der Waals surface area contributed by atoms with Crippen molar-refractivity contribution in [2.75, 3.05) is 5.73 Å². The van der Waals surface area contributed by atoms with Crippen LogP contribution in [-0.2, 0) is 6.61 Å². The van der Waals surface area contributed by atoms with Crippen LogP contribution in [0.5, 0.6) is 5.75 Å². The van der Waals surface area contributed by atoms with E-state index in [0.717, 1.165) is 16.6 Å². The van der Waals surface area contributed by atoms with E-state index in [1.54, 1.807) is 0 Å². The van der Waals surface area contributed by atoms with E-state index in [9.17, 15) is 0 Å². The fraction of sp³-hybridized carbons (Fsp3) is 0.357. The second-order valence-electron chi connectivity index (χ2n) is 4.49. The van der Waals surface area contributed by atoms with Gasteiger partial charge >= 0.3 is 0 Å². The summed E-state index contributed by atoms with van der Waals surface area (Å²) < 4.78 is 8.55. The summed E-state index contributed by atoms with van der Waals surface area (Å²) >= 11 is 3.43. The first kappa shape index (κ1) is 13.9. The van der Waals surface area contributed by atoms with E-state index in [4.69, 9.17) is 10.5 Å². The highest BCUT2D eigenvalue weighted by molar-refractivity contribution is 9.10. The molecule has 0 aliphatic carbocycles. The number of halogens is 1. The highest BCUT2D eigenvalue weighted by Crippen LogP contribution is 2.31. The quantitative estimate of drug-likeness (QED) is 0.852. The molecule has 1 heterocycles. The van der Waals surface area contributed by atoms with E-state index in [2.05, 4.69) is 34.9 Å². The molecule has 0 spiro atoms. The van der Waals surface area contributed by atoms with Gasteiger partial charge in [-0.1, -0.05) is 13.0 Å². The van der Waals surface area contributed by atoms with Crippen molar-refractivity contribution in [2.45, 2.75) is 32.9 Å². The SMILES string of the molecule is CCC(C)n1ccc(COc2c(N)cccc2Br)n1. The lowest BCUT2D eigenvalue weighted by Gasteiger charge is -2.10. The fourth-order valence-electron chi connectivity index (χ4n) is 1.71. The molecule has 0 radical (unpaired) electrons. The van der Waals surface area contributed by atoms with Crippen molar-refractivity contribution >= 4 is 21.6 Å². The Hall–Kier alpha value is -1.49. The maximum absolute atomic E-state index is 5.88. The first-order valence-electron chi connectivity index (χ1n) is 6.32. The van der Waals surface area contributed by atoms with Gasteiger partial charge in [0.05, 0.1) is 15.9 Å². The lowest BCUT2D eigenvalue weighted by Crippen LogP contribution is -2.06. The smallest absolute Gasteiger partial charge is 0.156 e. The lowest BCUT2D eigenvalue weighted by atomic mass is 10.3. The molecule has 1 aromatic carbocycles. The zero-order valence-corrected chi connectivity index (χ0v) is 12.7. The molecule has 0 amide bonds. The third kappa shape index (κ3) is 3.29. The maximum Gasteiger partial charge on any atom is 0.156 e. The minimum Gasteiger partial charge on any atom is -0.484 e. The zero-order valence-electron chi connectivity index (χ0n) is 11.1. The van der Waals surface area contributed by atoms with Gasteiger partial charge in [0.25, 0.3) is 0 Å². The summed E-state index contributed by atoms with van der Waals surface area (Å²) in [5.74, 6) is 0.667. The number of hydrogen-bond donors (Lipinski definition) is 1. The van der Waals surface area contributed by atoms with E-state index >= 15 is 0 Å². The predicted molar refractivity (Wildman–Crippen MR) is 80.1 cm³/mol. The number of nitrogen functional groups attached to an aromatic ring is 1. The van der Waals surface area contributed by atoms with Crippen LogP contribution in [0.3, 0.4) is 0 Å². The Balaban J connectivity index is 2.05. The van der Waals surface area contributed by atoms with Crippen LogP contribution in [0.25, 0.3) is 0 Å². The summed E-state index contributed by atoms with van der Waals surface area (Å²) in [5.41, 5.74) is 7.40. The molecular weight excluding hydrogens is 306 g/mol. The molecule has 2 rings (SSSR count). The largest absolute Gasteiger partial charge is 0.484 e. The Labute approximate surface area is 121 Å². The highest BCUT2D eigenvalue weighted by Gasteiger charge is 2.08. The molecule has 2 aromatic rings. The van der Waals surface area contributed by atoms with Crippen molar-refractivity contribution in [1.82, 2.24) is 9.78 Å². The minimum atomic E-state index is 0.405. The molecule has 0 saturated heterocycles. The van der Waals surface area contributed by atoms with Gasteiger partial charge in [-0.15, -0.1) is 0 Å². The van der Waals surface area contributed by atoms with Gasteiger partial charge in [-0.05, 0) is 47.5 Å². The van der Waals surface area contributed by atoms with Gasteiger partial charge in [0.15, 0.2) is 5.75 Å². The summed E-state index contributed by atoms with van der Waals surface area (Å²) in [6, 6.07) is 7.98. The second kappa shape index (κ2) is 6.10. The van der Waals surface area contributed by atoms with E-state index < -0.39 is 0 Å². The van der Waals surface area contributed by atoms with Gasteiger partial charge in [-0.3, -0.25) is 4.68 Å². The molecule has 19 heavy (non-hydrogen) atoms. The van der Waals surface area contributed by atoms with Crippen molar-refractivity contribution in [1.29, 1.82) is 0 Å². The van der Waals surface area contributed by atoms with Crippen LogP contribution in [0.2, 0.25) is 0 Å². The average molecular weight is 324 g/mol. The third-order valence-electron chi connectivity index (χ3n) is 3.07. The van der Waals surface area contributed by atoms with Crippen molar-refractivity contribution in [3.05, 3.63) is 40.6 Å². The number of aromatic nitrogens is 2. The van der Waals surface area contributed by atoms with Gasteiger partial charge < -0.3 is 10.5 Å². The first-order valence-corrected chi connectivity index (χ1v) is 7.12. The number of anilines is 1. The molecule has 0 bridgehead atoms. The Morgan fingerprint density at radius 1 is 1.42 bits per heavy atom. The maximum atomic E-state index is 5.88. The minimum absolute atomic E-state index is 0.405. The Kier molecular flexibility index (Phi) is 4.47. The molecule has 4 nitrogen and oxygen atoms in total. The van der Waals surface area contributed by atoms with Gasteiger partial charge in [0.2, 0.25) is 0 Å². The van der Waals surface area contributed by atoms with Crippen molar-refractivity contribution in [3.63, 3.8) is 0 Å². The van der Waals surface area contributed by atoms with Crippen LogP contribution >= 0.6 is 15.9 Å². The summed E-state index contributed by atoms with van der Waals surface area (Å²) in [7, 11) is 0. The van der Waals surface area contributed by atoms with E-state index in [0.29, 0.717) is 24.1 Å². The van der Waals surface area contributed by atoms with E-state index in [1.807, 2.05) is 35.1 Å². The van der Waals surface area contributed by atoms with Crippen molar-refractivity contribution in [2.24, 2.45) is 0 Å². The third-order valence-corrected chi connectivity index (χ3v) is 3.69. The Bertz CT molecular complexity index is 533. The second-order valence-corrected chi connectivity index (χ2v) is 5.35. The normalized spacial score (nSPS) is 12.4. The van der Waals surface area contributed by atoms with Crippen LogP contribution in [0.4, 0.5) is 5.69 Å². The molecule has 1 aromatic heterocycles. The molecule has 2 N–H and O–H groups in total. The molecule has 0 saturated carbocycles. The fourth-order valence-corrected chi connectivity index (χ4v) is 2.21. The number of benzene rings is 1. The van der Waals surface area contributed by atoms with Crippen molar-refractivity contribution in [3.8, 4) is 5.75 Å². The standard InChI is InChI=1S/C14H18BrN3O/c1-3-10(2)18-8-7-11(17-18)9-19-14-12(15)5-4-6-13(14)16/h4-8,10H,3,9,16H2,1-2H3. The number of hydrogen-bond acceptors (Lipinski definition) is 3. The average Bonchev–Trinajstić information content (AvgIpc) is 2.86. The zero-order chi connectivity index (χ0) is 13.8. The molecule has 1 unspecified atom stereocenters. The van der Waals surface area contributed by atoms with E-state index in [-0.39, 0.29) is 0 Å². The predicted octanol–water partition coefficient (Wildman–Crippen LogP) is 3.78. The number of nitrogens with zero attached hydrogens (tertiary/aromatic N) is 2. The summed E-state index contributed by atoms with van der Waals surface area (Å²) in [6.07, 6.45) is 3.04.